The normalized spacial score (nSPS) is 10.7. The summed E-state index contributed by atoms with van der Waals surface area (Å²) in [6, 6.07) is 8.03. The van der Waals surface area contributed by atoms with E-state index in [9.17, 15) is 4.39 Å². The van der Waals surface area contributed by atoms with Crippen molar-refractivity contribution in [2.24, 2.45) is 0 Å². The van der Waals surface area contributed by atoms with Crippen molar-refractivity contribution in [1.29, 1.82) is 0 Å². The number of ether oxygens (including phenoxy) is 2. The first kappa shape index (κ1) is 19.3. The highest BCUT2D eigenvalue weighted by Gasteiger charge is 2.15. The maximum atomic E-state index is 14.0. The van der Waals surface area contributed by atoms with Crippen molar-refractivity contribution in [3.05, 3.63) is 70.0 Å². The lowest BCUT2D eigenvalue weighted by Crippen LogP contribution is -2.12. The predicted octanol–water partition coefficient (Wildman–Crippen LogP) is 4.45. The van der Waals surface area contributed by atoms with Crippen molar-refractivity contribution in [3.63, 3.8) is 0 Å². The fourth-order valence-corrected chi connectivity index (χ4v) is 2.91. The molecule has 0 aliphatic heterocycles. The fraction of sp³-hybridized carbons (Fsp3) is 0.222. The summed E-state index contributed by atoms with van der Waals surface area (Å²) >= 11 is 12.4. The molecule has 0 aliphatic rings. The van der Waals surface area contributed by atoms with E-state index < -0.39 is 5.82 Å². The Morgan fingerprint density at radius 1 is 1.11 bits per heavy atom. The number of rotatable bonds is 8. The molecular weight excluding hydrogens is 394 g/mol. The topological polar surface area (TPSA) is 61.2 Å². The summed E-state index contributed by atoms with van der Waals surface area (Å²) in [6.07, 6.45) is 3.08. The standard InChI is InChI=1S/C18H17Cl2FN4O2/c1-2-26-17-7-12(8-24-25-10-22-23-11-25)6-15(20)18(17)27-9-13-14(19)4-3-5-16(13)21/h3-7,10-11,24H,2,8-9H2,1H3. The van der Waals surface area contributed by atoms with Crippen LogP contribution in [0.4, 0.5) is 4.39 Å². The van der Waals surface area contributed by atoms with Crippen molar-refractivity contribution in [2.75, 3.05) is 12.0 Å². The van der Waals surface area contributed by atoms with Gasteiger partial charge in [0.15, 0.2) is 11.5 Å². The van der Waals surface area contributed by atoms with Crippen molar-refractivity contribution < 1.29 is 13.9 Å². The second-order valence-corrected chi connectivity index (χ2v) is 6.35. The molecule has 1 aromatic heterocycles. The van der Waals surface area contributed by atoms with E-state index in [0.29, 0.717) is 34.7 Å². The van der Waals surface area contributed by atoms with Crippen LogP contribution in [0, 0.1) is 5.82 Å². The predicted molar refractivity (Wildman–Crippen MR) is 101 cm³/mol. The van der Waals surface area contributed by atoms with Crippen LogP contribution >= 0.6 is 23.2 Å². The molecule has 3 rings (SSSR count). The van der Waals surface area contributed by atoms with Gasteiger partial charge in [0.1, 0.15) is 25.1 Å². The molecule has 0 aliphatic carbocycles. The van der Waals surface area contributed by atoms with Gasteiger partial charge in [0, 0.05) is 5.56 Å². The van der Waals surface area contributed by atoms with Crippen molar-refractivity contribution in [1.82, 2.24) is 14.9 Å². The SMILES string of the molecule is CCOc1cc(CNn2cnnc2)cc(Cl)c1OCc1c(F)cccc1Cl. The van der Waals surface area contributed by atoms with E-state index in [0.717, 1.165) is 5.56 Å². The molecule has 3 aromatic rings. The number of aromatic nitrogens is 3. The molecule has 0 saturated carbocycles. The third kappa shape index (κ3) is 4.81. The minimum absolute atomic E-state index is 0.0659. The molecule has 0 bridgehead atoms. The van der Waals surface area contributed by atoms with Gasteiger partial charge < -0.3 is 14.9 Å². The zero-order valence-electron chi connectivity index (χ0n) is 14.5. The van der Waals surface area contributed by atoms with Gasteiger partial charge in [-0.3, -0.25) is 0 Å². The second-order valence-electron chi connectivity index (χ2n) is 5.53. The Bertz CT molecular complexity index is 886. The minimum atomic E-state index is -0.439. The quantitative estimate of drug-likeness (QED) is 0.594. The number of nitrogens with one attached hydrogen (secondary N) is 1. The van der Waals surface area contributed by atoms with Crippen LogP contribution in [0.3, 0.4) is 0 Å². The molecule has 0 saturated heterocycles. The molecule has 9 heteroatoms. The van der Waals surface area contributed by atoms with Gasteiger partial charge in [-0.1, -0.05) is 29.3 Å². The van der Waals surface area contributed by atoms with Crippen LogP contribution in [0.2, 0.25) is 10.0 Å². The van der Waals surface area contributed by atoms with Crippen LogP contribution in [0.1, 0.15) is 18.1 Å². The van der Waals surface area contributed by atoms with Gasteiger partial charge in [-0.25, -0.2) is 9.07 Å². The molecule has 142 valence electrons. The summed E-state index contributed by atoms with van der Waals surface area (Å²) in [5, 5.41) is 8.08. The number of halogens is 3. The van der Waals surface area contributed by atoms with E-state index >= 15 is 0 Å². The molecule has 0 atom stereocenters. The van der Waals surface area contributed by atoms with Crippen LogP contribution < -0.4 is 14.9 Å². The van der Waals surface area contributed by atoms with Crippen LogP contribution in [-0.2, 0) is 13.2 Å². The zero-order chi connectivity index (χ0) is 19.2. The van der Waals surface area contributed by atoms with E-state index in [1.807, 2.05) is 13.0 Å². The first-order valence-electron chi connectivity index (χ1n) is 8.18. The summed E-state index contributed by atoms with van der Waals surface area (Å²) in [4.78, 5) is 0. The summed E-state index contributed by atoms with van der Waals surface area (Å²) in [7, 11) is 0. The van der Waals surface area contributed by atoms with E-state index in [2.05, 4.69) is 15.6 Å². The summed E-state index contributed by atoms with van der Waals surface area (Å²) < 4.78 is 27.0. The van der Waals surface area contributed by atoms with Crippen LogP contribution in [0.25, 0.3) is 0 Å². The lowest BCUT2D eigenvalue weighted by Gasteiger charge is -2.16. The molecule has 0 fully saturated rings. The number of benzene rings is 2. The molecule has 2 aromatic carbocycles. The van der Waals surface area contributed by atoms with E-state index in [1.165, 1.54) is 12.1 Å². The maximum absolute atomic E-state index is 14.0. The minimum Gasteiger partial charge on any atom is -0.490 e. The number of hydrogen-bond donors (Lipinski definition) is 1. The van der Waals surface area contributed by atoms with Crippen molar-refractivity contribution in [2.45, 2.75) is 20.1 Å². The highest BCUT2D eigenvalue weighted by molar-refractivity contribution is 6.32. The molecule has 0 spiro atoms. The summed E-state index contributed by atoms with van der Waals surface area (Å²) in [5.74, 6) is 0.371. The Kier molecular flexibility index (Phi) is 6.36. The van der Waals surface area contributed by atoms with Gasteiger partial charge in [0.2, 0.25) is 0 Å². The number of nitrogens with zero attached hydrogens (tertiary/aromatic N) is 3. The van der Waals surface area contributed by atoms with Gasteiger partial charge in [0.25, 0.3) is 0 Å². The smallest absolute Gasteiger partial charge is 0.180 e. The molecule has 6 nitrogen and oxygen atoms in total. The Hall–Kier alpha value is -2.51. The Morgan fingerprint density at radius 3 is 2.59 bits per heavy atom. The highest BCUT2D eigenvalue weighted by Crippen LogP contribution is 2.37. The van der Waals surface area contributed by atoms with E-state index in [4.69, 9.17) is 32.7 Å². The lowest BCUT2D eigenvalue weighted by atomic mass is 10.2. The Labute approximate surface area is 165 Å². The van der Waals surface area contributed by atoms with Gasteiger partial charge in [-0.2, -0.15) is 0 Å². The van der Waals surface area contributed by atoms with E-state index in [1.54, 1.807) is 29.5 Å². The third-order valence-corrected chi connectivity index (χ3v) is 4.31. The summed E-state index contributed by atoms with van der Waals surface area (Å²) in [6.45, 7) is 2.68. The highest BCUT2D eigenvalue weighted by atomic mass is 35.5. The average molecular weight is 411 g/mol. The Balaban J connectivity index is 1.79. The molecule has 0 radical (unpaired) electrons. The van der Waals surface area contributed by atoms with Gasteiger partial charge in [-0.05, 0) is 36.8 Å². The molecular formula is C18H17Cl2FN4O2. The first-order valence-corrected chi connectivity index (χ1v) is 8.93. The van der Waals surface area contributed by atoms with Gasteiger partial charge >= 0.3 is 0 Å². The van der Waals surface area contributed by atoms with Crippen LogP contribution in [-0.4, -0.2) is 21.5 Å². The van der Waals surface area contributed by atoms with Crippen molar-refractivity contribution in [3.8, 4) is 11.5 Å². The van der Waals surface area contributed by atoms with Crippen LogP contribution in [0.5, 0.6) is 11.5 Å². The molecule has 0 amide bonds. The maximum Gasteiger partial charge on any atom is 0.180 e. The molecule has 1 heterocycles. The van der Waals surface area contributed by atoms with E-state index in [-0.39, 0.29) is 12.2 Å². The summed E-state index contributed by atoms with van der Waals surface area (Å²) in [5.41, 5.74) is 4.23. The zero-order valence-corrected chi connectivity index (χ0v) is 16.0. The number of hydrogen-bond acceptors (Lipinski definition) is 5. The van der Waals surface area contributed by atoms with Gasteiger partial charge in [0.05, 0.1) is 23.2 Å². The molecule has 0 unspecified atom stereocenters. The third-order valence-electron chi connectivity index (χ3n) is 3.68. The van der Waals surface area contributed by atoms with Crippen molar-refractivity contribution >= 4 is 23.2 Å². The molecule has 1 N–H and O–H groups in total. The monoisotopic (exact) mass is 410 g/mol. The second kappa shape index (κ2) is 8.92. The fourth-order valence-electron chi connectivity index (χ4n) is 2.41. The van der Waals surface area contributed by atoms with Gasteiger partial charge in [-0.15, -0.1) is 10.2 Å². The molecule has 27 heavy (non-hydrogen) atoms. The largest absolute Gasteiger partial charge is 0.490 e. The first-order chi connectivity index (χ1) is 13.1. The van der Waals surface area contributed by atoms with Crippen LogP contribution in [0.15, 0.2) is 43.0 Å². The average Bonchev–Trinajstić information content (AvgIpc) is 3.15. The Morgan fingerprint density at radius 2 is 1.89 bits per heavy atom. The lowest BCUT2D eigenvalue weighted by molar-refractivity contribution is 0.266.